The summed E-state index contributed by atoms with van der Waals surface area (Å²) < 4.78 is 0. The molecule has 6 heteroatoms. The Morgan fingerprint density at radius 1 is 0.333 bits per heavy atom. The zero-order valence-electron chi connectivity index (χ0n) is 36.6. The fraction of sp³-hybridized carbons (Fsp3) is 0.222. The van der Waals surface area contributed by atoms with Crippen LogP contribution in [0.3, 0.4) is 0 Å². The molecule has 0 unspecified atom stereocenters. The van der Waals surface area contributed by atoms with Crippen LogP contribution in [0.1, 0.15) is 74.9 Å². The van der Waals surface area contributed by atoms with Crippen molar-refractivity contribution in [2.75, 3.05) is 19.2 Å². The third kappa shape index (κ3) is 5.25. The highest BCUT2D eigenvalue weighted by Crippen LogP contribution is 2.55. The van der Waals surface area contributed by atoms with Gasteiger partial charge in [0, 0.05) is 33.9 Å². The summed E-state index contributed by atoms with van der Waals surface area (Å²) >= 11 is 0. The Morgan fingerprint density at radius 3 is 0.983 bits per heavy atom. The lowest BCUT2D eigenvalue weighted by Gasteiger charge is -2.40. The third-order valence-electron chi connectivity index (χ3n) is 13.9. The average Bonchev–Trinajstić information content (AvgIpc) is 3.73. The van der Waals surface area contributed by atoms with E-state index >= 15 is 0 Å². The topological polar surface area (TPSA) is 13.0 Å². The number of hydrogen-bond donors (Lipinski definition) is 0. The summed E-state index contributed by atoms with van der Waals surface area (Å²) in [4.78, 5) is 10.4. The summed E-state index contributed by atoms with van der Waals surface area (Å²) in [5.41, 5.74) is 25.8. The predicted molar refractivity (Wildman–Crippen MR) is 259 cm³/mol. The molecule has 0 saturated heterocycles. The molecule has 7 aromatic carbocycles. The summed E-state index contributed by atoms with van der Waals surface area (Å²) in [6, 6.07) is 51.7. The number of benzene rings is 7. The molecule has 0 aliphatic carbocycles. The molecule has 4 heterocycles. The van der Waals surface area contributed by atoms with Crippen molar-refractivity contribution >= 4 is 70.4 Å². The molecule has 0 N–H and O–H groups in total. The molecule has 0 amide bonds. The van der Waals surface area contributed by atoms with Gasteiger partial charge in [-0.15, -0.1) is 0 Å². The molecule has 0 aromatic heterocycles. The second-order valence-electron chi connectivity index (χ2n) is 19.7. The van der Waals surface area contributed by atoms with Crippen LogP contribution < -0.4 is 30.2 Å². The van der Waals surface area contributed by atoms with Crippen molar-refractivity contribution in [2.45, 2.75) is 80.1 Å². The monoisotopic (exact) mass is 778 g/mol. The van der Waals surface area contributed by atoms with Crippen LogP contribution in [0.4, 0.5) is 45.5 Å². The fourth-order valence-electron chi connectivity index (χ4n) is 10.3. The first-order valence-electron chi connectivity index (χ1n) is 21.7. The van der Waals surface area contributed by atoms with Crippen molar-refractivity contribution < 1.29 is 0 Å². The Bertz CT molecular complexity index is 2720. The minimum Gasteiger partial charge on any atom is -0.360 e. The highest BCUT2D eigenvalue weighted by Gasteiger charge is 2.52. The fourth-order valence-corrected chi connectivity index (χ4v) is 10.3. The molecule has 0 spiro atoms. The first-order valence-corrected chi connectivity index (χ1v) is 21.7. The maximum Gasteiger partial charge on any atom is 0.421 e. The van der Waals surface area contributed by atoms with Gasteiger partial charge in [-0.3, -0.25) is 0 Å². The Balaban J connectivity index is 1.18. The van der Waals surface area contributed by atoms with Crippen molar-refractivity contribution in [1.82, 2.24) is 0 Å². The lowest BCUT2D eigenvalue weighted by atomic mass is 9.54. The molecular formula is C54H52B2N4. The van der Waals surface area contributed by atoms with Crippen molar-refractivity contribution in [3.8, 4) is 22.3 Å². The van der Waals surface area contributed by atoms with Crippen LogP contribution >= 0.6 is 0 Å². The maximum atomic E-state index is 2.62. The van der Waals surface area contributed by atoms with Crippen LogP contribution in [0.5, 0.6) is 0 Å². The second kappa shape index (κ2) is 12.7. The van der Waals surface area contributed by atoms with Gasteiger partial charge in [-0.1, -0.05) is 114 Å². The van der Waals surface area contributed by atoms with Gasteiger partial charge in [-0.2, -0.15) is 0 Å². The van der Waals surface area contributed by atoms with Gasteiger partial charge in [0.15, 0.2) is 0 Å². The molecule has 60 heavy (non-hydrogen) atoms. The maximum absolute atomic E-state index is 2.62. The van der Waals surface area contributed by atoms with Crippen molar-refractivity contribution in [1.29, 1.82) is 0 Å². The molecular weight excluding hydrogens is 726 g/mol. The third-order valence-corrected chi connectivity index (χ3v) is 13.9. The minimum absolute atomic E-state index is 0.0672. The predicted octanol–water partition coefficient (Wildman–Crippen LogP) is 12.8. The van der Waals surface area contributed by atoms with Crippen LogP contribution in [0, 0.1) is 27.7 Å². The van der Waals surface area contributed by atoms with E-state index in [0.29, 0.717) is 0 Å². The highest BCUT2D eigenvalue weighted by atomic mass is 15.3. The summed E-state index contributed by atoms with van der Waals surface area (Å²) in [5.74, 6) is 0. The number of aryl methyl sites for hydroxylation is 4. The molecule has 11 rings (SSSR count). The highest BCUT2D eigenvalue weighted by molar-refractivity contribution is 6.89. The number of anilines is 8. The van der Waals surface area contributed by atoms with Crippen molar-refractivity contribution in [3.05, 3.63) is 167 Å². The molecule has 7 aromatic rings. The Morgan fingerprint density at radius 2 is 0.650 bits per heavy atom. The number of rotatable bonds is 2. The van der Waals surface area contributed by atoms with E-state index in [1.165, 1.54) is 112 Å². The average molecular weight is 779 g/mol. The van der Waals surface area contributed by atoms with E-state index in [1.54, 1.807) is 0 Å². The van der Waals surface area contributed by atoms with E-state index in [1.807, 2.05) is 0 Å². The van der Waals surface area contributed by atoms with Gasteiger partial charge < -0.3 is 19.2 Å². The molecule has 0 radical (unpaired) electrons. The number of fused-ring (bicyclic) bond motifs is 16. The summed E-state index contributed by atoms with van der Waals surface area (Å²) in [6.45, 7) is 22.6. The Kier molecular flexibility index (Phi) is 7.81. The molecule has 0 bridgehead atoms. The molecule has 0 fully saturated rings. The van der Waals surface area contributed by atoms with Crippen LogP contribution in [-0.4, -0.2) is 14.0 Å². The van der Waals surface area contributed by atoms with E-state index in [2.05, 4.69) is 222 Å². The van der Waals surface area contributed by atoms with E-state index in [-0.39, 0.29) is 24.8 Å². The number of para-hydroxylation sites is 2. The zero-order valence-corrected chi connectivity index (χ0v) is 36.6. The first kappa shape index (κ1) is 36.9. The lowest BCUT2D eigenvalue weighted by Crippen LogP contribution is -2.59. The van der Waals surface area contributed by atoms with Gasteiger partial charge in [0.25, 0.3) is 0 Å². The lowest BCUT2D eigenvalue weighted by molar-refractivity contribution is 0.590. The molecule has 4 aliphatic heterocycles. The van der Waals surface area contributed by atoms with E-state index in [9.17, 15) is 0 Å². The Hall–Kier alpha value is -6.13. The Labute approximate surface area is 357 Å². The SMILES string of the molecule is Cc1cc2c(cc1C)N1B(c3cc4c(cc3-c3ccccc31)B1N(c3ccc(C(C)(C)C)cc3)c3cc(C)c(C)cc3N1c1ccccc1-4)N2c1ccc(C(C)(C)C)cc1. The minimum atomic E-state index is -0.0748. The smallest absolute Gasteiger partial charge is 0.360 e. The van der Waals surface area contributed by atoms with Crippen molar-refractivity contribution in [2.24, 2.45) is 0 Å². The molecule has 4 nitrogen and oxygen atoms in total. The standard InChI is InChI=1S/C54H52B2N4/c1-33-27-49-51(29-35(33)3)59-47-17-13-11-15-41(47)43-32-46-44(31-45(43)55(59)57(49)39-23-19-37(20-24-39)53(5,6)7)42-16-12-14-18-48(42)60-52-30-36(4)34(2)28-50(52)58(56(46)60)40-25-21-38(22-26-40)54(8,9)10/h11-32H,1-10H3. The van der Waals surface area contributed by atoms with Crippen LogP contribution in [0.15, 0.2) is 133 Å². The van der Waals surface area contributed by atoms with Crippen molar-refractivity contribution in [3.63, 3.8) is 0 Å². The molecule has 0 atom stereocenters. The summed E-state index contributed by atoms with van der Waals surface area (Å²) in [6.07, 6.45) is 0. The van der Waals surface area contributed by atoms with Crippen LogP contribution in [0.25, 0.3) is 22.3 Å². The van der Waals surface area contributed by atoms with Gasteiger partial charge in [-0.25, -0.2) is 0 Å². The van der Waals surface area contributed by atoms with Gasteiger partial charge >= 0.3 is 14.0 Å². The van der Waals surface area contributed by atoms with Gasteiger partial charge in [0.1, 0.15) is 0 Å². The molecule has 4 aliphatic rings. The van der Waals surface area contributed by atoms with Crippen LogP contribution in [0.2, 0.25) is 0 Å². The second-order valence-corrected chi connectivity index (χ2v) is 19.7. The van der Waals surface area contributed by atoms with Gasteiger partial charge in [-0.05, 0) is 155 Å². The van der Waals surface area contributed by atoms with E-state index in [4.69, 9.17) is 0 Å². The van der Waals surface area contributed by atoms with Gasteiger partial charge in [0.05, 0.1) is 22.7 Å². The summed E-state index contributed by atoms with van der Waals surface area (Å²) in [5, 5.41) is 0. The first-order chi connectivity index (χ1) is 28.7. The zero-order chi connectivity index (χ0) is 41.6. The quantitative estimate of drug-likeness (QED) is 0.162. The van der Waals surface area contributed by atoms with E-state index in [0.717, 1.165) is 0 Å². The normalized spacial score (nSPS) is 14.6. The largest absolute Gasteiger partial charge is 0.421 e. The van der Waals surface area contributed by atoms with E-state index < -0.39 is 0 Å². The van der Waals surface area contributed by atoms with Crippen LogP contribution in [-0.2, 0) is 10.8 Å². The molecule has 294 valence electrons. The summed E-state index contributed by atoms with van der Waals surface area (Å²) in [7, 11) is 0. The number of nitrogens with zero attached hydrogens (tertiary/aromatic N) is 4. The van der Waals surface area contributed by atoms with Gasteiger partial charge in [0.2, 0.25) is 0 Å². The molecule has 0 saturated carbocycles. The number of hydrogen-bond acceptors (Lipinski definition) is 4.